The zero-order chi connectivity index (χ0) is 14.7. The number of phenols is 2. The standard InChI is InChI=1S/C12H19NO5S/c1-13(2,7-3-4-8-19(16,17)18)10-5-6-11(14)12(15)9-10/h5-6,9H,3-4,7-8H2,1-2H3,(H2-,14,15,16,17,18). The molecule has 0 saturated heterocycles. The first-order valence-electron chi connectivity index (χ1n) is 5.91. The Morgan fingerprint density at radius 3 is 2.32 bits per heavy atom. The number of benzene rings is 1. The van der Waals surface area contributed by atoms with Crippen LogP contribution in [0.25, 0.3) is 0 Å². The molecule has 0 fully saturated rings. The molecule has 0 unspecified atom stereocenters. The van der Waals surface area contributed by atoms with Crippen molar-refractivity contribution in [3.8, 4) is 11.5 Å². The molecular formula is C12H19NO5S. The van der Waals surface area contributed by atoms with Crippen LogP contribution in [0.4, 0.5) is 5.69 Å². The van der Waals surface area contributed by atoms with Crippen molar-refractivity contribution in [2.24, 2.45) is 0 Å². The lowest BCUT2D eigenvalue weighted by Gasteiger charge is -2.29. The van der Waals surface area contributed by atoms with Crippen LogP contribution in [0.15, 0.2) is 18.2 Å². The molecule has 6 nitrogen and oxygen atoms in total. The Hall–Kier alpha value is -1.31. The Labute approximate surface area is 113 Å². The zero-order valence-corrected chi connectivity index (χ0v) is 11.9. The molecule has 1 rings (SSSR count). The largest absolute Gasteiger partial charge is 0.748 e. The number of hydrogen-bond acceptors (Lipinski definition) is 5. The minimum atomic E-state index is -4.15. The van der Waals surface area contributed by atoms with Gasteiger partial charge in [0.1, 0.15) is 5.69 Å². The average Bonchev–Trinajstić information content (AvgIpc) is 2.27. The van der Waals surface area contributed by atoms with Gasteiger partial charge in [-0.15, -0.1) is 0 Å². The molecule has 1 aromatic carbocycles. The maximum atomic E-state index is 10.5. The van der Waals surface area contributed by atoms with Crippen LogP contribution in [0.1, 0.15) is 12.8 Å². The Bertz CT molecular complexity index is 539. The van der Waals surface area contributed by atoms with E-state index in [9.17, 15) is 23.2 Å². The van der Waals surface area contributed by atoms with E-state index >= 15 is 0 Å². The predicted molar refractivity (Wildman–Crippen MR) is 72.1 cm³/mol. The van der Waals surface area contributed by atoms with Crippen LogP contribution < -0.4 is 4.48 Å². The molecule has 19 heavy (non-hydrogen) atoms. The molecular weight excluding hydrogens is 270 g/mol. The third-order valence-electron chi connectivity index (χ3n) is 3.02. The van der Waals surface area contributed by atoms with Crippen LogP contribution in [0.3, 0.4) is 0 Å². The van der Waals surface area contributed by atoms with Crippen molar-refractivity contribution >= 4 is 15.8 Å². The molecule has 0 aromatic heterocycles. The van der Waals surface area contributed by atoms with E-state index in [-0.39, 0.29) is 17.3 Å². The molecule has 0 spiro atoms. The first-order valence-corrected chi connectivity index (χ1v) is 7.49. The molecule has 2 N–H and O–H groups in total. The first-order chi connectivity index (χ1) is 8.62. The van der Waals surface area contributed by atoms with E-state index in [0.717, 1.165) is 5.69 Å². The molecule has 0 amide bonds. The van der Waals surface area contributed by atoms with Crippen molar-refractivity contribution in [1.82, 2.24) is 4.48 Å². The van der Waals surface area contributed by atoms with Crippen molar-refractivity contribution in [2.45, 2.75) is 12.8 Å². The highest BCUT2D eigenvalue weighted by Gasteiger charge is 2.20. The van der Waals surface area contributed by atoms with Gasteiger partial charge in [-0.1, -0.05) is 0 Å². The average molecular weight is 289 g/mol. The molecule has 0 saturated carbocycles. The molecule has 0 aliphatic rings. The minimum absolute atomic E-state index is 0.179. The molecule has 7 heteroatoms. The van der Waals surface area contributed by atoms with Gasteiger partial charge in [-0.3, -0.25) is 4.48 Å². The quantitative estimate of drug-likeness (QED) is 0.352. The van der Waals surface area contributed by atoms with E-state index in [1.165, 1.54) is 12.1 Å². The Balaban J connectivity index is 2.62. The smallest absolute Gasteiger partial charge is 0.163 e. The van der Waals surface area contributed by atoms with Gasteiger partial charge in [0.05, 0.1) is 30.8 Å². The summed E-state index contributed by atoms with van der Waals surface area (Å²) in [5.74, 6) is -0.722. The highest BCUT2D eigenvalue weighted by atomic mass is 32.2. The van der Waals surface area contributed by atoms with Gasteiger partial charge in [0.25, 0.3) is 0 Å². The van der Waals surface area contributed by atoms with Crippen molar-refractivity contribution < 1.29 is 23.2 Å². The van der Waals surface area contributed by atoms with Crippen LogP contribution in [0, 0.1) is 0 Å². The van der Waals surface area contributed by atoms with E-state index in [2.05, 4.69) is 0 Å². The van der Waals surface area contributed by atoms with Crippen LogP contribution in [-0.2, 0) is 10.1 Å². The number of phenolic OH excluding ortho intramolecular Hbond substituents is 2. The third kappa shape index (κ3) is 5.06. The van der Waals surface area contributed by atoms with Crippen molar-refractivity contribution in [1.29, 1.82) is 0 Å². The van der Waals surface area contributed by atoms with Gasteiger partial charge >= 0.3 is 0 Å². The summed E-state index contributed by atoms with van der Waals surface area (Å²) in [6.07, 6.45) is 0.897. The fourth-order valence-corrected chi connectivity index (χ4v) is 2.36. The van der Waals surface area contributed by atoms with Gasteiger partial charge in [-0.05, 0) is 18.9 Å². The predicted octanol–water partition coefficient (Wildman–Crippen LogP) is 0.990. The van der Waals surface area contributed by atoms with E-state index in [4.69, 9.17) is 0 Å². The maximum absolute atomic E-state index is 10.5. The van der Waals surface area contributed by atoms with Gasteiger partial charge in [0.15, 0.2) is 11.5 Å². The molecule has 108 valence electrons. The van der Waals surface area contributed by atoms with Gasteiger partial charge in [-0.25, -0.2) is 8.42 Å². The summed E-state index contributed by atoms with van der Waals surface area (Å²) >= 11 is 0. The number of aromatic hydroxyl groups is 2. The number of quaternary nitrogens is 1. The van der Waals surface area contributed by atoms with Crippen LogP contribution in [0.5, 0.6) is 11.5 Å². The number of nitrogens with zero attached hydrogens (tertiary/aromatic N) is 1. The lowest BCUT2D eigenvalue weighted by atomic mass is 10.2. The fourth-order valence-electron chi connectivity index (χ4n) is 1.80. The van der Waals surface area contributed by atoms with Crippen molar-refractivity contribution in [2.75, 3.05) is 26.4 Å². The van der Waals surface area contributed by atoms with E-state index < -0.39 is 10.1 Å². The molecule has 0 bridgehead atoms. The SMILES string of the molecule is C[N+](C)(CCCCS(=O)(=O)[O-])c1ccc(O)c(O)c1. The topological polar surface area (TPSA) is 97.7 Å². The molecule has 0 aliphatic heterocycles. The summed E-state index contributed by atoms with van der Waals surface area (Å²) in [4.78, 5) is 0. The van der Waals surface area contributed by atoms with E-state index in [1.807, 2.05) is 14.1 Å². The first kappa shape index (κ1) is 15.7. The number of rotatable bonds is 6. The monoisotopic (exact) mass is 289 g/mol. The number of hydrogen-bond donors (Lipinski definition) is 2. The summed E-state index contributed by atoms with van der Waals surface area (Å²) in [5, 5.41) is 18.7. The summed E-state index contributed by atoms with van der Waals surface area (Å²) in [5.41, 5.74) is 0.792. The Kier molecular flexibility index (Phi) is 4.78. The minimum Gasteiger partial charge on any atom is -0.748 e. The van der Waals surface area contributed by atoms with Crippen molar-refractivity contribution in [3.05, 3.63) is 18.2 Å². The van der Waals surface area contributed by atoms with Gasteiger partial charge in [0, 0.05) is 17.9 Å². The summed E-state index contributed by atoms with van der Waals surface area (Å²) < 4.78 is 31.9. The summed E-state index contributed by atoms with van der Waals surface area (Å²) in [6, 6.07) is 4.58. The van der Waals surface area contributed by atoms with Gasteiger partial charge in [-0.2, -0.15) is 0 Å². The van der Waals surface area contributed by atoms with E-state index in [0.29, 0.717) is 23.9 Å². The second-order valence-corrected chi connectivity index (χ2v) is 6.57. The third-order valence-corrected chi connectivity index (χ3v) is 3.81. The van der Waals surface area contributed by atoms with Gasteiger partial charge < -0.3 is 14.8 Å². The summed E-state index contributed by atoms with van der Waals surface area (Å²) in [7, 11) is -0.348. The van der Waals surface area contributed by atoms with Crippen molar-refractivity contribution in [3.63, 3.8) is 0 Å². The fraction of sp³-hybridized carbons (Fsp3) is 0.500. The highest BCUT2D eigenvalue weighted by Crippen LogP contribution is 2.31. The number of unbranched alkanes of at least 4 members (excludes halogenated alkanes) is 1. The lowest BCUT2D eigenvalue weighted by Crippen LogP contribution is -2.41. The second kappa shape index (κ2) is 5.77. The molecule has 0 heterocycles. The van der Waals surface area contributed by atoms with Crippen LogP contribution >= 0.6 is 0 Å². The summed E-state index contributed by atoms with van der Waals surface area (Å²) in [6.45, 7) is 0.625. The Morgan fingerprint density at radius 2 is 1.79 bits per heavy atom. The molecule has 0 radical (unpaired) electrons. The molecule has 0 aliphatic carbocycles. The second-order valence-electron chi connectivity index (χ2n) is 5.05. The van der Waals surface area contributed by atoms with Crippen LogP contribution in [0.2, 0.25) is 0 Å². The van der Waals surface area contributed by atoms with Crippen LogP contribution in [-0.4, -0.2) is 49.6 Å². The van der Waals surface area contributed by atoms with E-state index in [1.54, 1.807) is 6.07 Å². The Morgan fingerprint density at radius 1 is 1.16 bits per heavy atom. The maximum Gasteiger partial charge on any atom is 0.163 e. The zero-order valence-electron chi connectivity index (χ0n) is 11.0. The highest BCUT2D eigenvalue weighted by molar-refractivity contribution is 7.85. The van der Waals surface area contributed by atoms with Gasteiger partial charge in [0.2, 0.25) is 0 Å². The lowest BCUT2D eigenvalue weighted by molar-refractivity contribution is 0.376. The molecule has 1 aromatic rings. The molecule has 0 atom stereocenters. The normalized spacial score (nSPS) is 12.6.